The minimum atomic E-state index is -0.328. The minimum Gasteiger partial charge on any atom is -0.368 e. The van der Waals surface area contributed by atoms with Crippen molar-refractivity contribution in [2.75, 3.05) is 61.8 Å². The van der Waals surface area contributed by atoms with Gasteiger partial charge in [0, 0.05) is 37.8 Å². The van der Waals surface area contributed by atoms with E-state index >= 15 is 0 Å². The molecule has 40 heavy (non-hydrogen) atoms. The van der Waals surface area contributed by atoms with Crippen LogP contribution in [-0.4, -0.2) is 84.3 Å². The van der Waals surface area contributed by atoms with Crippen molar-refractivity contribution in [3.63, 3.8) is 0 Å². The van der Waals surface area contributed by atoms with Crippen LogP contribution in [0.5, 0.6) is 0 Å². The summed E-state index contributed by atoms with van der Waals surface area (Å²) < 4.78 is 0. The fraction of sp³-hybridized carbons (Fsp3) is 0.862. The lowest BCUT2D eigenvalue weighted by atomic mass is 9.82. The lowest BCUT2D eigenvalue weighted by Crippen LogP contribution is -2.59. The zero-order valence-corrected chi connectivity index (χ0v) is 25.1. The molecule has 1 aromatic rings. The van der Waals surface area contributed by atoms with Gasteiger partial charge in [-0.3, -0.25) is 4.79 Å². The Morgan fingerprint density at radius 1 is 0.975 bits per heavy atom. The van der Waals surface area contributed by atoms with E-state index in [-0.39, 0.29) is 23.4 Å². The molecule has 0 bridgehead atoms. The van der Waals surface area contributed by atoms with E-state index in [9.17, 15) is 4.79 Å². The second kappa shape index (κ2) is 15.1. The molecule has 11 heteroatoms. The van der Waals surface area contributed by atoms with Gasteiger partial charge in [-0.1, -0.05) is 19.3 Å². The SMILES string of the molecule is CC(C)(C)NC(=O)C1CN(c2nc(N)nc(NCC3CCC(CNCCCNC4CCCCC4)CC3)n2)CCN1. The predicted octanol–water partition coefficient (Wildman–Crippen LogP) is 2.27. The summed E-state index contributed by atoms with van der Waals surface area (Å²) >= 11 is 0. The van der Waals surface area contributed by atoms with Crippen LogP contribution < -0.4 is 37.2 Å². The highest BCUT2D eigenvalue weighted by Gasteiger charge is 2.29. The zero-order valence-electron chi connectivity index (χ0n) is 25.1. The molecule has 3 fully saturated rings. The molecule has 1 atom stereocenters. The van der Waals surface area contributed by atoms with E-state index in [1.165, 1.54) is 64.2 Å². The van der Waals surface area contributed by atoms with Gasteiger partial charge in [-0.05, 0) is 97.2 Å². The third kappa shape index (κ3) is 10.3. The molecule has 0 spiro atoms. The summed E-state index contributed by atoms with van der Waals surface area (Å²) in [5.41, 5.74) is 5.77. The maximum absolute atomic E-state index is 12.7. The van der Waals surface area contributed by atoms with Crippen LogP contribution in [0.2, 0.25) is 0 Å². The highest BCUT2D eigenvalue weighted by Crippen LogP contribution is 2.28. The summed E-state index contributed by atoms with van der Waals surface area (Å²) in [6.45, 7) is 12.0. The van der Waals surface area contributed by atoms with Crippen molar-refractivity contribution >= 4 is 23.8 Å². The Hall–Kier alpha value is -2.24. The number of anilines is 3. The number of carbonyl (C=O) groups is 1. The number of nitrogen functional groups attached to an aromatic ring is 1. The van der Waals surface area contributed by atoms with Crippen molar-refractivity contribution in [3.8, 4) is 0 Å². The number of hydrogen-bond donors (Lipinski definition) is 6. The standard InChI is InChI=1S/C29H54N10O/c1-29(2,3)38-25(40)24-20-39(17-16-33-24)28-36-26(30)35-27(37-28)34-19-22-12-10-21(11-13-22)18-31-14-7-15-32-23-8-5-4-6-9-23/h21-24,31-33H,4-20H2,1-3H3,(H,38,40)(H3,30,34,35,36,37). The summed E-state index contributed by atoms with van der Waals surface area (Å²) in [7, 11) is 0. The lowest BCUT2D eigenvalue weighted by Gasteiger charge is -2.34. The fourth-order valence-corrected chi connectivity index (χ4v) is 6.17. The molecule has 2 aliphatic carbocycles. The number of piperazine rings is 1. The topological polar surface area (TPSA) is 145 Å². The van der Waals surface area contributed by atoms with E-state index in [1.807, 2.05) is 25.7 Å². The first kappa shape index (κ1) is 30.7. The number of nitrogens with one attached hydrogen (secondary N) is 5. The summed E-state index contributed by atoms with van der Waals surface area (Å²) in [5, 5.41) is 17.2. The van der Waals surface area contributed by atoms with E-state index in [0.717, 1.165) is 38.1 Å². The Morgan fingerprint density at radius 3 is 2.42 bits per heavy atom. The van der Waals surface area contributed by atoms with Gasteiger partial charge in [0.15, 0.2) is 0 Å². The maximum Gasteiger partial charge on any atom is 0.239 e. The van der Waals surface area contributed by atoms with E-state index in [1.54, 1.807) is 0 Å². The minimum absolute atomic E-state index is 0.0185. The maximum atomic E-state index is 12.7. The average Bonchev–Trinajstić information content (AvgIpc) is 2.94. The molecule has 3 aliphatic rings. The Labute approximate surface area is 241 Å². The molecular formula is C29H54N10O. The van der Waals surface area contributed by atoms with Crippen molar-refractivity contribution in [2.24, 2.45) is 11.8 Å². The van der Waals surface area contributed by atoms with Gasteiger partial charge in [0.05, 0.1) is 0 Å². The number of rotatable bonds is 12. The van der Waals surface area contributed by atoms with E-state index in [0.29, 0.717) is 37.4 Å². The summed E-state index contributed by atoms with van der Waals surface area (Å²) in [4.78, 5) is 28.1. The number of nitrogens with zero attached hydrogens (tertiary/aromatic N) is 4. The van der Waals surface area contributed by atoms with Gasteiger partial charge in [-0.25, -0.2) is 0 Å². The van der Waals surface area contributed by atoms with Crippen molar-refractivity contribution in [3.05, 3.63) is 0 Å². The monoisotopic (exact) mass is 558 g/mol. The number of amides is 1. The first-order valence-corrected chi connectivity index (χ1v) is 15.7. The molecule has 2 saturated carbocycles. The fourth-order valence-electron chi connectivity index (χ4n) is 6.17. The second-order valence-corrected chi connectivity index (χ2v) is 13.1. The van der Waals surface area contributed by atoms with Crippen LogP contribution in [0, 0.1) is 11.8 Å². The Morgan fingerprint density at radius 2 is 1.70 bits per heavy atom. The molecular weight excluding hydrogens is 504 g/mol. The van der Waals surface area contributed by atoms with Crippen LogP contribution in [-0.2, 0) is 4.79 Å². The van der Waals surface area contributed by atoms with Crippen molar-refractivity contribution in [1.82, 2.24) is 36.2 Å². The van der Waals surface area contributed by atoms with Gasteiger partial charge < -0.3 is 37.2 Å². The molecule has 226 valence electrons. The molecule has 11 nitrogen and oxygen atoms in total. The zero-order chi connectivity index (χ0) is 28.4. The average molecular weight is 559 g/mol. The van der Waals surface area contributed by atoms with Gasteiger partial charge in [0.2, 0.25) is 23.8 Å². The number of aromatic nitrogens is 3. The smallest absolute Gasteiger partial charge is 0.239 e. The third-order valence-electron chi connectivity index (χ3n) is 8.43. The van der Waals surface area contributed by atoms with Gasteiger partial charge in [-0.2, -0.15) is 15.0 Å². The third-order valence-corrected chi connectivity index (χ3v) is 8.43. The van der Waals surface area contributed by atoms with Crippen LogP contribution in [0.4, 0.5) is 17.8 Å². The quantitative estimate of drug-likeness (QED) is 0.211. The van der Waals surface area contributed by atoms with E-state index < -0.39 is 0 Å². The van der Waals surface area contributed by atoms with Gasteiger partial charge in [0.1, 0.15) is 6.04 Å². The van der Waals surface area contributed by atoms with Gasteiger partial charge in [0.25, 0.3) is 0 Å². The number of carbonyl (C=O) groups excluding carboxylic acids is 1. The summed E-state index contributed by atoms with van der Waals surface area (Å²) in [5.74, 6) is 2.61. The molecule has 1 aliphatic heterocycles. The Bertz CT molecular complexity index is 909. The van der Waals surface area contributed by atoms with E-state index in [4.69, 9.17) is 5.73 Å². The van der Waals surface area contributed by atoms with Crippen LogP contribution in [0.1, 0.15) is 85.0 Å². The van der Waals surface area contributed by atoms with Crippen molar-refractivity contribution < 1.29 is 4.79 Å². The molecule has 1 aromatic heterocycles. The Balaban J connectivity index is 1.13. The highest BCUT2D eigenvalue weighted by molar-refractivity contribution is 5.83. The van der Waals surface area contributed by atoms with Crippen LogP contribution >= 0.6 is 0 Å². The summed E-state index contributed by atoms with van der Waals surface area (Å²) in [6.07, 6.45) is 13.1. The first-order valence-electron chi connectivity index (χ1n) is 15.7. The molecule has 1 amide bonds. The first-order chi connectivity index (χ1) is 19.2. The van der Waals surface area contributed by atoms with Gasteiger partial charge >= 0.3 is 0 Å². The Kier molecular flexibility index (Phi) is 11.6. The molecule has 7 N–H and O–H groups in total. The summed E-state index contributed by atoms with van der Waals surface area (Å²) in [6, 6.07) is 0.435. The molecule has 4 rings (SSSR count). The van der Waals surface area contributed by atoms with Crippen molar-refractivity contribution in [1.29, 1.82) is 0 Å². The van der Waals surface area contributed by atoms with Crippen LogP contribution in [0.25, 0.3) is 0 Å². The highest BCUT2D eigenvalue weighted by atomic mass is 16.2. The molecule has 0 aromatic carbocycles. The van der Waals surface area contributed by atoms with Crippen molar-refractivity contribution in [2.45, 2.75) is 103 Å². The lowest BCUT2D eigenvalue weighted by molar-refractivity contribution is -0.124. The molecule has 0 radical (unpaired) electrons. The second-order valence-electron chi connectivity index (χ2n) is 13.1. The predicted molar refractivity (Wildman–Crippen MR) is 162 cm³/mol. The number of hydrogen-bond acceptors (Lipinski definition) is 10. The van der Waals surface area contributed by atoms with Crippen LogP contribution in [0.15, 0.2) is 0 Å². The van der Waals surface area contributed by atoms with Crippen LogP contribution in [0.3, 0.4) is 0 Å². The number of nitrogens with two attached hydrogens (primary N) is 1. The normalized spacial score (nSPS) is 24.6. The largest absolute Gasteiger partial charge is 0.368 e. The molecule has 2 heterocycles. The van der Waals surface area contributed by atoms with E-state index in [2.05, 4.69) is 41.5 Å². The molecule has 1 unspecified atom stereocenters. The van der Waals surface area contributed by atoms with Gasteiger partial charge in [-0.15, -0.1) is 0 Å². The molecule has 1 saturated heterocycles.